The fourth-order valence-electron chi connectivity index (χ4n) is 3.14. The summed E-state index contributed by atoms with van der Waals surface area (Å²) < 4.78 is 0.747. The molecule has 1 fully saturated rings. The van der Waals surface area contributed by atoms with Crippen LogP contribution in [0.5, 0.6) is 0 Å². The number of piperidine rings is 1. The van der Waals surface area contributed by atoms with E-state index in [-0.39, 0.29) is 17.3 Å². The predicted molar refractivity (Wildman–Crippen MR) is 113 cm³/mol. The molecule has 29 heavy (non-hydrogen) atoms. The zero-order valence-electron chi connectivity index (χ0n) is 15.6. The van der Waals surface area contributed by atoms with Crippen LogP contribution in [0.15, 0.2) is 58.7 Å². The minimum atomic E-state index is -0.496. The van der Waals surface area contributed by atoms with Crippen molar-refractivity contribution in [3.05, 3.63) is 79.9 Å². The van der Waals surface area contributed by atoms with E-state index >= 15 is 0 Å². The fraction of sp³-hybridized carbons (Fsp3) is 0.238. The van der Waals surface area contributed by atoms with Gasteiger partial charge in [0.15, 0.2) is 0 Å². The molecule has 0 radical (unpaired) electrons. The Bertz CT molecular complexity index is 968. The second kappa shape index (κ2) is 9.47. The molecule has 3 rings (SSSR count). The van der Waals surface area contributed by atoms with E-state index < -0.39 is 10.8 Å². The van der Waals surface area contributed by atoms with Crippen LogP contribution in [0.4, 0.5) is 5.69 Å². The Labute approximate surface area is 176 Å². The van der Waals surface area contributed by atoms with Gasteiger partial charge in [-0.2, -0.15) is 0 Å². The van der Waals surface area contributed by atoms with E-state index in [9.17, 15) is 19.7 Å². The highest BCUT2D eigenvalue weighted by molar-refractivity contribution is 9.10. The number of hydrogen-bond donors (Lipinski definition) is 1. The third-order valence-corrected chi connectivity index (χ3v) is 5.09. The van der Waals surface area contributed by atoms with E-state index in [0.29, 0.717) is 24.2 Å². The van der Waals surface area contributed by atoms with Gasteiger partial charge in [-0.05, 0) is 49.1 Å². The van der Waals surface area contributed by atoms with Crippen molar-refractivity contribution in [2.75, 3.05) is 13.1 Å². The Balaban J connectivity index is 1.92. The molecular formula is C21H20BrN3O4. The van der Waals surface area contributed by atoms with E-state index in [0.717, 1.165) is 23.7 Å². The van der Waals surface area contributed by atoms with Crippen molar-refractivity contribution in [1.82, 2.24) is 10.2 Å². The zero-order chi connectivity index (χ0) is 20.8. The van der Waals surface area contributed by atoms with Crippen LogP contribution in [-0.4, -0.2) is 34.7 Å². The molecule has 0 unspecified atom stereocenters. The van der Waals surface area contributed by atoms with Gasteiger partial charge in [-0.1, -0.05) is 34.1 Å². The van der Waals surface area contributed by atoms with Crippen molar-refractivity contribution in [2.24, 2.45) is 0 Å². The molecule has 2 aromatic rings. The minimum absolute atomic E-state index is 0.0816. The third kappa shape index (κ3) is 5.51. The summed E-state index contributed by atoms with van der Waals surface area (Å²) in [5.74, 6) is -0.715. The van der Waals surface area contributed by atoms with Crippen molar-refractivity contribution in [2.45, 2.75) is 19.3 Å². The van der Waals surface area contributed by atoms with Gasteiger partial charge in [0.1, 0.15) is 5.70 Å². The fourth-order valence-corrected chi connectivity index (χ4v) is 3.54. The quantitative estimate of drug-likeness (QED) is 0.414. The first-order valence-corrected chi connectivity index (χ1v) is 10.1. The number of nitro groups is 1. The number of benzene rings is 2. The van der Waals surface area contributed by atoms with Crippen molar-refractivity contribution in [3.63, 3.8) is 0 Å². The molecule has 1 aliphatic heterocycles. The molecule has 1 heterocycles. The molecule has 1 saturated heterocycles. The smallest absolute Gasteiger partial charge is 0.270 e. The van der Waals surface area contributed by atoms with Crippen LogP contribution in [0.25, 0.3) is 6.08 Å². The summed E-state index contributed by atoms with van der Waals surface area (Å²) in [6, 6.07) is 12.8. The summed E-state index contributed by atoms with van der Waals surface area (Å²) in [5, 5.41) is 13.7. The van der Waals surface area contributed by atoms with Crippen LogP contribution < -0.4 is 5.32 Å². The maximum absolute atomic E-state index is 13.1. The summed E-state index contributed by atoms with van der Waals surface area (Å²) >= 11 is 3.33. The van der Waals surface area contributed by atoms with Crippen molar-refractivity contribution < 1.29 is 14.5 Å². The van der Waals surface area contributed by atoms with Gasteiger partial charge in [0.2, 0.25) is 0 Å². The Morgan fingerprint density at radius 2 is 1.79 bits per heavy atom. The first kappa shape index (κ1) is 20.7. The number of nitro benzene ring substituents is 1. The number of likely N-dealkylation sites (tertiary alicyclic amines) is 1. The van der Waals surface area contributed by atoms with Gasteiger partial charge in [0.25, 0.3) is 17.5 Å². The minimum Gasteiger partial charge on any atom is -0.337 e. The number of rotatable bonds is 5. The topological polar surface area (TPSA) is 92.5 Å². The van der Waals surface area contributed by atoms with E-state index in [2.05, 4.69) is 21.2 Å². The highest BCUT2D eigenvalue weighted by Gasteiger charge is 2.22. The lowest BCUT2D eigenvalue weighted by Gasteiger charge is -2.27. The Morgan fingerprint density at radius 1 is 1.07 bits per heavy atom. The van der Waals surface area contributed by atoms with E-state index in [4.69, 9.17) is 0 Å². The molecule has 7 nitrogen and oxygen atoms in total. The Hall–Kier alpha value is -3.00. The standard InChI is InChI=1S/C21H20BrN3O4/c22-17-8-5-7-16(14-17)20(26)23-19(21(27)24-10-2-1-3-11-24)13-15-6-4-9-18(12-15)25(28)29/h4-9,12-14H,1-3,10-11H2,(H,23,26). The molecule has 150 valence electrons. The molecule has 0 saturated carbocycles. The van der Waals surface area contributed by atoms with Crippen LogP contribution in [0.3, 0.4) is 0 Å². The summed E-state index contributed by atoms with van der Waals surface area (Å²) in [4.78, 5) is 38.0. The molecule has 0 bridgehead atoms. The Morgan fingerprint density at radius 3 is 2.48 bits per heavy atom. The average Bonchev–Trinajstić information content (AvgIpc) is 2.73. The maximum atomic E-state index is 13.1. The highest BCUT2D eigenvalue weighted by Crippen LogP contribution is 2.18. The number of amides is 2. The largest absolute Gasteiger partial charge is 0.337 e. The van der Waals surface area contributed by atoms with Crippen LogP contribution in [-0.2, 0) is 4.79 Å². The molecule has 8 heteroatoms. The lowest BCUT2D eigenvalue weighted by Crippen LogP contribution is -2.41. The van der Waals surface area contributed by atoms with Crippen LogP contribution in [0, 0.1) is 10.1 Å². The summed E-state index contributed by atoms with van der Waals surface area (Å²) in [7, 11) is 0. The summed E-state index contributed by atoms with van der Waals surface area (Å²) in [6.07, 6.45) is 4.38. The lowest BCUT2D eigenvalue weighted by atomic mass is 10.1. The predicted octanol–water partition coefficient (Wildman–Crippen LogP) is 4.14. The lowest BCUT2D eigenvalue weighted by molar-refractivity contribution is -0.384. The molecular weight excluding hydrogens is 438 g/mol. The second-order valence-corrected chi connectivity index (χ2v) is 7.64. The van der Waals surface area contributed by atoms with Gasteiger partial charge in [0.05, 0.1) is 4.92 Å². The molecule has 1 N–H and O–H groups in total. The van der Waals surface area contributed by atoms with Crippen LogP contribution >= 0.6 is 15.9 Å². The number of halogens is 1. The molecule has 0 atom stereocenters. The monoisotopic (exact) mass is 457 g/mol. The third-order valence-electron chi connectivity index (χ3n) is 4.60. The Kier molecular flexibility index (Phi) is 6.77. The maximum Gasteiger partial charge on any atom is 0.270 e. The summed E-state index contributed by atoms with van der Waals surface area (Å²) in [6.45, 7) is 1.25. The second-order valence-electron chi connectivity index (χ2n) is 6.73. The molecule has 1 aliphatic rings. The van der Waals surface area contributed by atoms with Gasteiger partial charge in [-0.15, -0.1) is 0 Å². The van der Waals surface area contributed by atoms with Gasteiger partial charge in [0, 0.05) is 35.3 Å². The number of carbonyl (C=O) groups excluding carboxylic acids is 2. The first-order valence-electron chi connectivity index (χ1n) is 9.26. The van der Waals surface area contributed by atoms with E-state index in [1.54, 1.807) is 41.3 Å². The van der Waals surface area contributed by atoms with Gasteiger partial charge in [-0.3, -0.25) is 19.7 Å². The van der Waals surface area contributed by atoms with Crippen molar-refractivity contribution in [3.8, 4) is 0 Å². The van der Waals surface area contributed by atoms with Crippen molar-refractivity contribution in [1.29, 1.82) is 0 Å². The zero-order valence-corrected chi connectivity index (χ0v) is 17.2. The van der Waals surface area contributed by atoms with Gasteiger partial charge in [-0.25, -0.2) is 0 Å². The first-order chi connectivity index (χ1) is 13.9. The van der Waals surface area contributed by atoms with Crippen LogP contribution in [0.1, 0.15) is 35.2 Å². The van der Waals surface area contributed by atoms with Crippen molar-refractivity contribution >= 4 is 39.5 Å². The molecule has 0 spiro atoms. The normalized spacial score (nSPS) is 14.4. The van der Waals surface area contributed by atoms with E-state index in [1.807, 2.05) is 0 Å². The van der Waals surface area contributed by atoms with E-state index in [1.165, 1.54) is 18.2 Å². The molecule has 0 aromatic heterocycles. The number of nitrogens with zero attached hydrogens (tertiary/aromatic N) is 2. The number of nitrogens with one attached hydrogen (secondary N) is 1. The highest BCUT2D eigenvalue weighted by atomic mass is 79.9. The van der Waals surface area contributed by atoms with Crippen LogP contribution in [0.2, 0.25) is 0 Å². The van der Waals surface area contributed by atoms with Gasteiger partial charge < -0.3 is 10.2 Å². The molecule has 0 aliphatic carbocycles. The number of hydrogen-bond acceptors (Lipinski definition) is 4. The summed E-state index contributed by atoms with van der Waals surface area (Å²) in [5.41, 5.74) is 0.879. The van der Waals surface area contributed by atoms with Gasteiger partial charge >= 0.3 is 0 Å². The molecule has 2 amide bonds. The number of carbonyl (C=O) groups is 2. The SMILES string of the molecule is O=C(NC(=Cc1cccc([N+](=O)[O-])c1)C(=O)N1CCCCC1)c1cccc(Br)c1. The molecule has 2 aromatic carbocycles. The average molecular weight is 458 g/mol. The number of non-ortho nitro benzene ring substituents is 1.